The molecule has 1 aliphatic rings. The summed E-state index contributed by atoms with van der Waals surface area (Å²) in [4.78, 5) is 34.2. The Hall–Kier alpha value is -2.67. The van der Waals surface area contributed by atoms with Gasteiger partial charge < -0.3 is 19.7 Å². The number of carbonyl (C=O) groups excluding carboxylic acids is 2. The van der Waals surface area contributed by atoms with Crippen molar-refractivity contribution in [2.75, 3.05) is 33.2 Å². The van der Waals surface area contributed by atoms with Crippen LogP contribution in [0.1, 0.15) is 53.4 Å². The number of hydrogen-bond donors (Lipinski definition) is 1. The van der Waals surface area contributed by atoms with Gasteiger partial charge in [-0.15, -0.1) is 0 Å². The molecule has 0 bridgehead atoms. The lowest BCUT2D eigenvalue weighted by Gasteiger charge is -2.36. The number of imidazole rings is 1. The molecule has 1 unspecified atom stereocenters. The third kappa shape index (κ3) is 4.85. The van der Waals surface area contributed by atoms with Crippen molar-refractivity contribution in [3.8, 4) is 0 Å². The molecule has 1 atom stereocenters. The maximum absolute atomic E-state index is 13.3. The summed E-state index contributed by atoms with van der Waals surface area (Å²) in [6, 6.07) is 6.90. The molecule has 1 saturated heterocycles. The number of aryl methyl sites for hydroxylation is 1. The summed E-state index contributed by atoms with van der Waals surface area (Å²) in [6.07, 6.45) is 3.63. The fourth-order valence-electron chi connectivity index (χ4n) is 3.83. The molecule has 1 aromatic carbocycles. The van der Waals surface area contributed by atoms with Gasteiger partial charge in [0.2, 0.25) is 0 Å². The Bertz CT molecular complexity index is 883. The number of nitrogens with one attached hydrogen (secondary N) is 1. The zero-order valence-electron chi connectivity index (χ0n) is 18.0. The molecule has 1 fully saturated rings. The van der Waals surface area contributed by atoms with Gasteiger partial charge in [-0.25, -0.2) is 4.98 Å². The number of carbonyl (C=O) groups is 2. The molecule has 2 amide bonds. The summed E-state index contributed by atoms with van der Waals surface area (Å²) in [5, 5.41) is 3.34. The molecule has 2 aromatic rings. The standard InChI is InChI=1S/C22H31N5O2/c1-22(2,3)15-26(5)20(28)16-7-6-8-17(13-16)21(29)27-12-9-23-14-18(27)19-24-10-11-25(19)4/h6-8,10-11,13,18,23H,9,12,14-15H2,1-5H3. The molecule has 2 heterocycles. The molecule has 1 aliphatic heterocycles. The van der Waals surface area contributed by atoms with E-state index in [0.29, 0.717) is 30.8 Å². The Morgan fingerprint density at radius 2 is 2.00 bits per heavy atom. The Kier molecular flexibility index (Phi) is 6.07. The van der Waals surface area contributed by atoms with Gasteiger partial charge >= 0.3 is 0 Å². The predicted octanol–water partition coefficient (Wildman–Crippen LogP) is 2.32. The maximum atomic E-state index is 13.3. The zero-order chi connectivity index (χ0) is 21.2. The van der Waals surface area contributed by atoms with E-state index in [1.165, 1.54) is 0 Å². The van der Waals surface area contributed by atoms with E-state index in [1.807, 2.05) is 22.7 Å². The Balaban J connectivity index is 1.83. The second-order valence-electron chi connectivity index (χ2n) is 8.92. The molecule has 1 aromatic heterocycles. The van der Waals surface area contributed by atoms with Crippen LogP contribution in [-0.2, 0) is 7.05 Å². The molecular formula is C22H31N5O2. The van der Waals surface area contributed by atoms with Crippen LogP contribution in [0, 0.1) is 5.41 Å². The van der Waals surface area contributed by atoms with Gasteiger partial charge in [-0.2, -0.15) is 0 Å². The number of benzene rings is 1. The van der Waals surface area contributed by atoms with Crippen molar-refractivity contribution in [2.45, 2.75) is 26.8 Å². The van der Waals surface area contributed by atoms with E-state index in [0.717, 1.165) is 12.4 Å². The van der Waals surface area contributed by atoms with E-state index >= 15 is 0 Å². The van der Waals surface area contributed by atoms with Crippen LogP contribution in [0.25, 0.3) is 0 Å². The van der Waals surface area contributed by atoms with Crippen molar-refractivity contribution in [3.63, 3.8) is 0 Å². The Morgan fingerprint density at radius 1 is 1.28 bits per heavy atom. The van der Waals surface area contributed by atoms with Crippen LogP contribution < -0.4 is 5.32 Å². The van der Waals surface area contributed by atoms with E-state index < -0.39 is 0 Å². The van der Waals surface area contributed by atoms with Crippen LogP contribution in [0.2, 0.25) is 0 Å². The van der Waals surface area contributed by atoms with Gasteiger partial charge in [0.25, 0.3) is 11.8 Å². The van der Waals surface area contributed by atoms with Crippen molar-refractivity contribution < 1.29 is 9.59 Å². The van der Waals surface area contributed by atoms with E-state index in [2.05, 4.69) is 31.1 Å². The second kappa shape index (κ2) is 8.37. The lowest BCUT2D eigenvalue weighted by Crippen LogP contribution is -2.49. The van der Waals surface area contributed by atoms with Crippen LogP contribution in [-0.4, -0.2) is 64.4 Å². The molecule has 156 valence electrons. The number of aromatic nitrogens is 2. The molecule has 0 spiro atoms. The average Bonchev–Trinajstić information content (AvgIpc) is 3.11. The number of amides is 2. The van der Waals surface area contributed by atoms with Crippen molar-refractivity contribution in [3.05, 3.63) is 53.6 Å². The van der Waals surface area contributed by atoms with Gasteiger partial charge in [0.15, 0.2) is 0 Å². The molecule has 29 heavy (non-hydrogen) atoms. The van der Waals surface area contributed by atoms with E-state index in [4.69, 9.17) is 0 Å². The third-order valence-electron chi connectivity index (χ3n) is 5.08. The molecule has 3 rings (SSSR count). The minimum atomic E-state index is -0.140. The van der Waals surface area contributed by atoms with E-state index in [1.54, 1.807) is 42.4 Å². The van der Waals surface area contributed by atoms with Crippen molar-refractivity contribution in [1.29, 1.82) is 0 Å². The maximum Gasteiger partial charge on any atom is 0.254 e. The lowest BCUT2D eigenvalue weighted by atomic mass is 9.96. The monoisotopic (exact) mass is 397 g/mol. The molecular weight excluding hydrogens is 366 g/mol. The topological polar surface area (TPSA) is 70.5 Å². The van der Waals surface area contributed by atoms with Crippen LogP contribution >= 0.6 is 0 Å². The molecule has 0 aliphatic carbocycles. The summed E-state index contributed by atoms with van der Waals surface area (Å²) >= 11 is 0. The van der Waals surface area contributed by atoms with Crippen LogP contribution in [0.5, 0.6) is 0 Å². The molecule has 1 N–H and O–H groups in total. The summed E-state index contributed by atoms with van der Waals surface area (Å²) in [6.45, 7) is 8.92. The minimum absolute atomic E-state index is 0.00787. The minimum Gasteiger partial charge on any atom is -0.341 e. The highest BCUT2D eigenvalue weighted by atomic mass is 16.2. The predicted molar refractivity (Wildman–Crippen MR) is 113 cm³/mol. The van der Waals surface area contributed by atoms with Crippen molar-refractivity contribution in [2.24, 2.45) is 12.5 Å². The fraction of sp³-hybridized carbons (Fsp3) is 0.500. The number of piperazine rings is 1. The Morgan fingerprint density at radius 3 is 2.66 bits per heavy atom. The van der Waals surface area contributed by atoms with Crippen LogP contribution in [0.4, 0.5) is 0 Å². The molecule has 7 nitrogen and oxygen atoms in total. The van der Waals surface area contributed by atoms with Gasteiger partial charge in [0, 0.05) is 63.8 Å². The highest BCUT2D eigenvalue weighted by Crippen LogP contribution is 2.23. The first kappa shape index (κ1) is 21.0. The lowest BCUT2D eigenvalue weighted by molar-refractivity contribution is 0.0621. The highest BCUT2D eigenvalue weighted by Gasteiger charge is 2.31. The van der Waals surface area contributed by atoms with Gasteiger partial charge in [0.05, 0.1) is 0 Å². The van der Waals surface area contributed by atoms with Crippen LogP contribution in [0.3, 0.4) is 0 Å². The highest BCUT2D eigenvalue weighted by molar-refractivity contribution is 5.99. The van der Waals surface area contributed by atoms with E-state index in [-0.39, 0.29) is 23.3 Å². The SMILES string of the molecule is CN(CC(C)(C)C)C(=O)c1cccc(C(=O)N2CCNCC2c2nccn2C)c1. The first-order valence-corrected chi connectivity index (χ1v) is 10.0. The van der Waals surface area contributed by atoms with Crippen LogP contribution in [0.15, 0.2) is 36.7 Å². The van der Waals surface area contributed by atoms with Crippen molar-refractivity contribution in [1.82, 2.24) is 24.7 Å². The normalized spacial score (nSPS) is 17.3. The summed E-state index contributed by atoms with van der Waals surface area (Å²) in [7, 11) is 3.74. The molecule has 7 heteroatoms. The average molecular weight is 398 g/mol. The largest absolute Gasteiger partial charge is 0.341 e. The smallest absolute Gasteiger partial charge is 0.254 e. The fourth-order valence-corrected chi connectivity index (χ4v) is 3.83. The summed E-state index contributed by atoms with van der Waals surface area (Å²) < 4.78 is 1.94. The third-order valence-corrected chi connectivity index (χ3v) is 5.08. The molecule has 0 radical (unpaired) electrons. The van der Waals surface area contributed by atoms with E-state index in [9.17, 15) is 9.59 Å². The molecule has 0 saturated carbocycles. The van der Waals surface area contributed by atoms with Gasteiger partial charge in [-0.05, 0) is 23.6 Å². The van der Waals surface area contributed by atoms with Gasteiger partial charge in [-0.1, -0.05) is 26.8 Å². The first-order valence-electron chi connectivity index (χ1n) is 10.0. The second-order valence-corrected chi connectivity index (χ2v) is 8.92. The Labute approximate surface area is 172 Å². The van der Waals surface area contributed by atoms with Gasteiger partial charge in [0.1, 0.15) is 11.9 Å². The number of rotatable bonds is 4. The summed E-state index contributed by atoms with van der Waals surface area (Å²) in [5.41, 5.74) is 1.07. The van der Waals surface area contributed by atoms with Crippen molar-refractivity contribution >= 4 is 11.8 Å². The summed E-state index contributed by atoms with van der Waals surface area (Å²) in [5.74, 6) is 0.700. The quantitative estimate of drug-likeness (QED) is 0.860. The number of hydrogen-bond acceptors (Lipinski definition) is 4. The number of nitrogens with zero attached hydrogens (tertiary/aromatic N) is 4. The first-order chi connectivity index (χ1) is 13.7. The van der Waals surface area contributed by atoms with Gasteiger partial charge in [-0.3, -0.25) is 9.59 Å². The zero-order valence-corrected chi connectivity index (χ0v) is 18.0.